The number of nitriles is 1. The number of rotatable bonds is 33. The van der Waals surface area contributed by atoms with Gasteiger partial charge in [0.2, 0.25) is 5.95 Å². The summed E-state index contributed by atoms with van der Waals surface area (Å²) in [5.74, 6) is 2.49. The number of ether oxygens (including phenoxy) is 7. The van der Waals surface area contributed by atoms with Crippen LogP contribution in [0.3, 0.4) is 0 Å². The van der Waals surface area contributed by atoms with E-state index in [0.29, 0.717) is 133 Å². The van der Waals surface area contributed by atoms with Crippen LogP contribution in [0.1, 0.15) is 87.4 Å². The average Bonchev–Trinajstić information content (AvgIpc) is 3.96. The molecule has 5 aromatic rings. The van der Waals surface area contributed by atoms with Crippen LogP contribution in [-0.2, 0) is 47.9 Å². The lowest BCUT2D eigenvalue weighted by Gasteiger charge is -2.63. The van der Waals surface area contributed by atoms with Crippen molar-refractivity contribution in [1.29, 1.82) is 5.26 Å². The van der Waals surface area contributed by atoms with E-state index < -0.39 is 10.8 Å². The van der Waals surface area contributed by atoms with E-state index in [1.165, 1.54) is 12.4 Å². The van der Waals surface area contributed by atoms with E-state index >= 15 is 0 Å². The van der Waals surface area contributed by atoms with E-state index in [-0.39, 0.29) is 36.3 Å². The van der Waals surface area contributed by atoms with Crippen molar-refractivity contribution < 1.29 is 43.1 Å². The van der Waals surface area contributed by atoms with Crippen molar-refractivity contribution in [3.8, 4) is 11.8 Å². The summed E-state index contributed by atoms with van der Waals surface area (Å²) in [4.78, 5) is 44.1. The third kappa shape index (κ3) is 15.9. The summed E-state index contributed by atoms with van der Waals surface area (Å²) >= 11 is 6.24. The molecule has 2 aliphatic rings. The number of piperidine rings is 1. The molecule has 3 N–H and O–H groups in total. The maximum atomic E-state index is 13.3. The zero-order valence-corrected chi connectivity index (χ0v) is 46.8. The number of aliphatic hydroxyl groups is 1. The molecule has 5 heterocycles. The number of aryl methyl sites for hydroxylation is 1. The van der Waals surface area contributed by atoms with Gasteiger partial charge in [-0.25, -0.2) is 15.0 Å². The van der Waals surface area contributed by atoms with Crippen LogP contribution in [0.15, 0.2) is 66.0 Å². The maximum Gasteiger partial charge on any atom is 0.254 e. The van der Waals surface area contributed by atoms with Crippen molar-refractivity contribution in [3.63, 3.8) is 0 Å². The van der Waals surface area contributed by atoms with Crippen LogP contribution < -0.4 is 30.7 Å². The van der Waals surface area contributed by atoms with Gasteiger partial charge in [-0.2, -0.15) is 14.9 Å². The maximum absolute atomic E-state index is 13.3. The number of anilines is 3. The van der Waals surface area contributed by atoms with E-state index in [1.54, 1.807) is 28.8 Å². The van der Waals surface area contributed by atoms with E-state index in [2.05, 4.69) is 71.3 Å². The molecular formula is C56H78ClN11O10. The summed E-state index contributed by atoms with van der Waals surface area (Å²) in [6.07, 6.45) is 11.4. The normalized spacial score (nSPS) is 17.6. The molecule has 0 bridgehead atoms. The van der Waals surface area contributed by atoms with Crippen molar-refractivity contribution in [1.82, 2.24) is 34.4 Å². The fraction of sp³-hybridized carbons (Fsp3) is 0.589. The van der Waals surface area contributed by atoms with E-state index in [9.17, 15) is 20.0 Å². The van der Waals surface area contributed by atoms with Gasteiger partial charge in [0.1, 0.15) is 29.6 Å². The molecular weight excluding hydrogens is 1020 g/mol. The minimum Gasteiger partial charge on any atom is -0.489 e. The second kappa shape index (κ2) is 29.3. The molecule has 1 aliphatic carbocycles. The van der Waals surface area contributed by atoms with Crippen molar-refractivity contribution in [2.75, 3.05) is 121 Å². The van der Waals surface area contributed by atoms with Crippen molar-refractivity contribution in [3.05, 3.63) is 98.8 Å². The third-order valence-electron chi connectivity index (χ3n) is 14.4. The number of amides is 1. The first-order valence-electron chi connectivity index (χ1n) is 27.1. The number of benzene rings is 1. The zero-order chi connectivity index (χ0) is 55.5. The predicted octanol–water partition coefficient (Wildman–Crippen LogP) is 5.97. The fourth-order valence-corrected chi connectivity index (χ4v) is 10.6. The molecule has 1 atom stereocenters. The molecule has 2 fully saturated rings. The summed E-state index contributed by atoms with van der Waals surface area (Å²) in [7, 11) is 1.86. The quantitative estimate of drug-likeness (QED) is 0.0411. The molecule has 4 aromatic heterocycles. The number of carbonyl (C=O) groups excluding carboxylic acids is 1. The van der Waals surface area contributed by atoms with Crippen molar-refractivity contribution >= 4 is 40.7 Å². The molecule has 22 heteroatoms. The molecule has 0 radical (unpaired) electrons. The number of aliphatic hydroxyl groups excluding tert-OH is 1. The number of fused-ring (bicyclic) bond motifs is 1. The zero-order valence-electron chi connectivity index (χ0n) is 46.1. The largest absolute Gasteiger partial charge is 0.489 e. The van der Waals surface area contributed by atoms with Crippen molar-refractivity contribution in [2.45, 2.75) is 98.0 Å². The van der Waals surface area contributed by atoms with Gasteiger partial charge in [-0.15, -0.1) is 0 Å². The molecule has 21 nitrogen and oxygen atoms in total. The van der Waals surface area contributed by atoms with Crippen LogP contribution in [0, 0.1) is 22.2 Å². The molecule has 7 rings (SSSR count). The second-order valence-electron chi connectivity index (χ2n) is 20.7. The van der Waals surface area contributed by atoms with Gasteiger partial charge in [-0.1, -0.05) is 52.3 Å². The van der Waals surface area contributed by atoms with Crippen LogP contribution in [0.4, 0.5) is 17.6 Å². The number of pyridine rings is 1. The molecule has 424 valence electrons. The van der Waals surface area contributed by atoms with E-state index in [0.717, 1.165) is 60.6 Å². The Kier molecular flexibility index (Phi) is 22.4. The second-order valence-corrected chi connectivity index (χ2v) is 21.1. The number of nitrogens with zero attached hydrogens (tertiary/aromatic N) is 9. The predicted molar refractivity (Wildman–Crippen MR) is 297 cm³/mol. The molecule has 1 unspecified atom stereocenters. The van der Waals surface area contributed by atoms with Crippen LogP contribution in [0.25, 0.3) is 5.65 Å². The monoisotopic (exact) mass is 1100 g/mol. The Morgan fingerprint density at radius 3 is 2.13 bits per heavy atom. The number of carbonyl (C=O) groups is 1. The highest BCUT2D eigenvalue weighted by Gasteiger charge is 2.64. The number of aromatic nitrogens is 6. The third-order valence-corrected chi connectivity index (χ3v) is 14.7. The van der Waals surface area contributed by atoms with Gasteiger partial charge >= 0.3 is 0 Å². The van der Waals surface area contributed by atoms with Crippen LogP contribution in [0.2, 0.25) is 5.02 Å². The lowest BCUT2D eigenvalue weighted by molar-refractivity contribution is -0.164. The van der Waals surface area contributed by atoms with Gasteiger partial charge < -0.3 is 63.3 Å². The Labute approximate surface area is 462 Å². The summed E-state index contributed by atoms with van der Waals surface area (Å²) < 4.78 is 43.8. The van der Waals surface area contributed by atoms with E-state index in [1.807, 2.05) is 41.0 Å². The number of likely N-dealkylation sites (N-methyl/N-ethyl adjacent to an activating group) is 1. The highest BCUT2D eigenvalue weighted by atomic mass is 35.5. The van der Waals surface area contributed by atoms with Crippen LogP contribution in [0.5, 0.6) is 5.75 Å². The van der Waals surface area contributed by atoms with Gasteiger partial charge in [0.15, 0.2) is 5.65 Å². The van der Waals surface area contributed by atoms with Gasteiger partial charge in [0.25, 0.3) is 11.5 Å². The standard InChI is InChI=1S/C56H78ClN11O10/c1-7-41-38-62-68-47(33-48(63-50(41)68)67-16-9-8-10-44(67)15-19-69)59-35-40-11-14-49(70)66(39-40)18-21-73-23-25-75-27-29-77-31-30-76-28-26-74-24-22-72-20-17-65(6)54-60-36-43(37-61-54)51(71)64-52-55(2,3)53(56(52,4)5)78-45-13-12-42(34-58)46(57)32-45/h11-14,32-33,36-39,44,52-53,59,69H,7-10,15-31,35H2,1-6H3,(H,64,71). The average molecular weight is 1100 g/mol. The molecule has 1 saturated carbocycles. The smallest absolute Gasteiger partial charge is 0.254 e. The Hall–Kier alpha value is -5.96. The lowest BCUT2D eigenvalue weighted by Crippen LogP contribution is -2.74. The van der Waals surface area contributed by atoms with Crippen LogP contribution >= 0.6 is 11.6 Å². The highest BCUT2D eigenvalue weighted by Crippen LogP contribution is 2.55. The lowest BCUT2D eigenvalue weighted by atomic mass is 9.49. The van der Waals surface area contributed by atoms with Crippen molar-refractivity contribution in [2.24, 2.45) is 10.8 Å². The van der Waals surface area contributed by atoms with Crippen LogP contribution in [-0.4, -0.2) is 164 Å². The highest BCUT2D eigenvalue weighted by molar-refractivity contribution is 6.31. The Morgan fingerprint density at radius 1 is 0.872 bits per heavy atom. The Morgan fingerprint density at radius 2 is 1.51 bits per heavy atom. The molecule has 1 amide bonds. The first kappa shape index (κ1) is 59.7. The van der Waals surface area contributed by atoms with Gasteiger partial charge in [-0.05, 0) is 49.8 Å². The fourth-order valence-electron chi connectivity index (χ4n) is 10.4. The van der Waals surface area contributed by atoms with Gasteiger partial charge in [-0.3, -0.25) is 9.59 Å². The van der Waals surface area contributed by atoms with Gasteiger partial charge in [0.05, 0.1) is 102 Å². The molecule has 0 spiro atoms. The van der Waals surface area contributed by atoms with E-state index in [4.69, 9.17) is 49.7 Å². The topological polar surface area (TPSA) is 234 Å². The Balaban J connectivity index is 0.670. The molecule has 1 saturated heterocycles. The number of hydrogen-bond donors (Lipinski definition) is 3. The van der Waals surface area contributed by atoms with Gasteiger partial charge in [0, 0.05) is 105 Å². The minimum absolute atomic E-state index is 0.0970. The first-order chi connectivity index (χ1) is 37.7. The Bertz CT molecular complexity index is 2770. The summed E-state index contributed by atoms with van der Waals surface area (Å²) in [5.41, 5.74) is 2.68. The number of hydrogen-bond acceptors (Lipinski definition) is 18. The molecule has 78 heavy (non-hydrogen) atoms. The first-order valence-corrected chi connectivity index (χ1v) is 27.5. The molecule has 1 aliphatic heterocycles. The molecule has 1 aromatic carbocycles. The minimum atomic E-state index is -0.400. The SMILES string of the molecule is CCc1cnn2c(NCc3ccc(=O)n(CCOCCOCCOCCOCCOCCOCCN(C)c4ncc(C(=O)NC5C(C)(C)C(Oc6ccc(C#N)c(Cl)c6)C5(C)C)cn4)c3)cc(N3CCCCC3CCO)nc12. The number of halogens is 1. The summed E-state index contributed by atoms with van der Waals surface area (Å²) in [6.45, 7) is 17.9. The number of nitrogens with one attached hydrogen (secondary N) is 2. The summed E-state index contributed by atoms with van der Waals surface area (Å²) in [5, 5.41) is 30.6. The summed E-state index contributed by atoms with van der Waals surface area (Å²) in [6, 6.07) is 12.6.